The number of rotatable bonds is 2. The summed E-state index contributed by atoms with van der Waals surface area (Å²) in [4.78, 5) is 26.6. The zero-order valence-electron chi connectivity index (χ0n) is 12.4. The first kappa shape index (κ1) is 14.1. The lowest BCUT2D eigenvalue weighted by atomic mass is 10.3. The number of carbonyl (C=O) groups excluding carboxylic acids is 1. The number of amides is 1. The van der Waals surface area contributed by atoms with E-state index in [1.165, 1.54) is 0 Å². The molecule has 114 valence electrons. The quantitative estimate of drug-likeness (QED) is 0.763. The standard InChI is InChI=1S/C14H21N5O2/c1-12(20)17-4-6-19(7-5-17)14-15-3-2-13(16-14)18-8-10-21-11-9-18/h2-3H,4-11H2,1H3. The van der Waals surface area contributed by atoms with Crippen LogP contribution in [0.5, 0.6) is 0 Å². The van der Waals surface area contributed by atoms with Crippen molar-refractivity contribution in [2.45, 2.75) is 6.92 Å². The van der Waals surface area contributed by atoms with E-state index in [0.717, 1.165) is 64.2 Å². The van der Waals surface area contributed by atoms with Gasteiger partial charge in [0.25, 0.3) is 0 Å². The average Bonchev–Trinajstić information content (AvgIpc) is 2.56. The molecule has 2 saturated heterocycles. The highest BCUT2D eigenvalue weighted by molar-refractivity contribution is 5.73. The molecule has 0 aromatic carbocycles. The number of carbonyl (C=O) groups is 1. The van der Waals surface area contributed by atoms with E-state index in [1.807, 2.05) is 17.2 Å². The number of piperazine rings is 1. The van der Waals surface area contributed by atoms with Gasteiger partial charge in [0.1, 0.15) is 5.82 Å². The predicted molar refractivity (Wildman–Crippen MR) is 79.5 cm³/mol. The van der Waals surface area contributed by atoms with Crippen molar-refractivity contribution in [1.29, 1.82) is 0 Å². The van der Waals surface area contributed by atoms with Gasteiger partial charge in [-0.3, -0.25) is 4.79 Å². The highest BCUT2D eigenvalue weighted by Crippen LogP contribution is 2.17. The van der Waals surface area contributed by atoms with Crippen molar-refractivity contribution in [1.82, 2.24) is 14.9 Å². The molecule has 1 aromatic rings. The molecule has 0 unspecified atom stereocenters. The van der Waals surface area contributed by atoms with Crippen LogP contribution >= 0.6 is 0 Å². The minimum Gasteiger partial charge on any atom is -0.378 e. The van der Waals surface area contributed by atoms with Gasteiger partial charge in [0.2, 0.25) is 11.9 Å². The van der Waals surface area contributed by atoms with E-state index in [4.69, 9.17) is 4.74 Å². The third-order valence-corrected chi connectivity index (χ3v) is 3.97. The van der Waals surface area contributed by atoms with Crippen molar-refractivity contribution >= 4 is 17.7 Å². The van der Waals surface area contributed by atoms with E-state index < -0.39 is 0 Å². The second-order valence-corrected chi connectivity index (χ2v) is 5.31. The number of morpholine rings is 1. The van der Waals surface area contributed by atoms with Gasteiger partial charge in [0.05, 0.1) is 13.2 Å². The van der Waals surface area contributed by atoms with Crippen LogP contribution in [0.4, 0.5) is 11.8 Å². The van der Waals surface area contributed by atoms with E-state index in [2.05, 4.69) is 19.8 Å². The number of aromatic nitrogens is 2. The molecule has 21 heavy (non-hydrogen) atoms. The maximum Gasteiger partial charge on any atom is 0.227 e. The molecule has 0 spiro atoms. The summed E-state index contributed by atoms with van der Waals surface area (Å²) in [7, 11) is 0. The fraction of sp³-hybridized carbons (Fsp3) is 0.643. The molecule has 2 aliphatic rings. The van der Waals surface area contributed by atoms with Crippen LogP contribution in [0.15, 0.2) is 12.3 Å². The summed E-state index contributed by atoms with van der Waals surface area (Å²) in [5.41, 5.74) is 0. The lowest BCUT2D eigenvalue weighted by molar-refractivity contribution is -0.129. The molecule has 0 aliphatic carbocycles. The van der Waals surface area contributed by atoms with Gasteiger partial charge in [-0.2, -0.15) is 4.98 Å². The molecule has 2 fully saturated rings. The third-order valence-electron chi connectivity index (χ3n) is 3.97. The van der Waals surface area contributed by atoms with Gasteiger partial charge in [-0.25, -0.2) is 4.98 Å². The second kappa shape index (κ2) is 6.26. The van der Waals surface area contributed by atoms with Crippen molar-refractivity contribution < 1.29 is 9.53 Å². The Morgan fingerprint density at radius 3 is 2.48 bits per heavy atom. The van der Waals surface area contributed by atoms with Crippen molar-refractivity contribution in [3.63, 3.8) is 0 Å². The highest BCUT2D eigenvalue weighted by Gasteiger charge is 2.21. The molecule has 3 heterocycles. The Kier molecular flexibility index (Phi) is 4.19. The van der Waals surface area contributed by atoms with Crippen LogP contribution in [0.1, 0.15) is 6.92 Å². The van der Waals surface area contributed by atoms with E-state index in [1.54, 1.807) is 6.92 Å². The molecule has 7 heteroatoms. The van der Waals surface area contributed by atoms with E-state index >= 15 is 0 Å². The van der Waals surface area contributed by atoms with Crippen LogP contribution < -0.4 is 9.80 Å². The molecule has 1 amide bonds. The molecule has 2 aliphatic heterocycles. The van der Waals surface area contributed by atoms with Gasteiger partial charge in [-0.15, -0.1) is 0 Å². The summed E-state index contributed by atoms with van der Waals surface area (Å²) in [6.07, 6.45) is 1.81. The Balaban J connectivity index is 1.67. The van der Waals surface area contributed by atoms with Gasteiger partial charge >= 0.3 is 0 Å². The maximum atomic E-state index is 11.4. The molecule has 0 bridgehead atoms. The first-order chi connectivity index (χ1) is 10.2. The van der Waals surface area contributed by atoms with Crippen LogP contribution in [-0.2, 0) is 9.53 Å². The monoisotopic (exact) mass is 291 g/mol. The van der Waals surface area contributed by atoms with Crippen LogP contribution in [0.25, 0.3) is 0 Å². The van der Waals surface area contributed by atoms with Crippen molar-refractivity contribution in [2.24, 2.45) is 0 Å². The maximum absolute atomic E-state index is 11.4. The predicted octanol–water partition coefficient (Wildman–Crippen LogP) is -0.0183. The minimum atomic E-state index is 0.137. The minimum absolute atomic E-state index is 0.137. The molecule has 0 atom stereocenters. The molecule has 0 N–H and O–H groups in total. The van der Waals surface area contributed by atoms with Gasteiger partial charge < -0.3 is 19.4 Å². The first-order valence-electron chi connectivity index (χ1n) is 7.40. The number of nitrogens with zero attached hydrogens (tertiary/aromatic N) is 5. The zero-order valence-corrected chi connectivity index (χ0v) is 12.4. The number of ether oxygens (including phenoxy) is 1. The summed E-state index contributed by atoms with van der Waals surface area (Å²) in [6, 6.07) is 1.95. The highest BCUT2D eigenvalue weighted by atomic mass is 16.5. The van der Waals surface area contributed by atoms with Crippen molar-refractivity contribution in [3.05, 3.63) is 12.3 Å². The van der Waals surface area contributed by atoms with Crippen LogP contribution in [0, 0.1) is 0 Å². The normalized spacial score (nSPS) is 19.8. The van der Waals surface area contributed by atoms with Gasteiger partial charge in [-0.05, 0) is 6.07 Å². The van der Waals surface area contributed by atoms with E-state index in [9.17, 15) is 4.79 Å². The van der Waals surface area contributed by atoms with E-state index in [0.29, 0.717) is 0 Å². The Morgan fingerprint density at radius 2 is 1.81 bits per heavy atom. The SMILES string of the molecule is CC(=O)N1CCN(c2nccc(N3CCOCC3)n2)CC1. The molecule has 1 aromatic heterocycles. The summed E-state index contributed by atoms with van der Waals surface area (Å²) < 4.78 is 5.37. The summed E-state index contributed by atoms with van der Waals surface area (Å²) in [6.45, 7) is 7.89. The lowest BCUT2D eigenvalue weighted by Crippen LogP contribution is -2.48. The van der Waals surface area contributed by atoms with Crippen LogP contribution in [0.3, 0.4) is 0 Å². The summed E-state index contributed by atoms with van der Waals surface area (Å²) in [5.74, 6) is 1.84. The van der Waals surface area contributed by atoms with Crippen LogP contribution in [-0.4, -0.2) is 73.3 Å². The van der Waals surface area contributed by atoms with Gasteiger partial charge in [0.15, 0.2) is 0 Å². The Morgan fingerprint density at radius 1 is 1.10 bits per heavy atom. The van der Waals surface area contributed by atoms with E-state index in [-0.39, 0.29) is 5.91 Å². The first-order valence-corrected chi connectivity index (χ1v) is 7.40. The molecule has 0 radical (unpaired) electrons. The topological polar surface area (TPSA) is 61.8 Å². The largest absolute Gasteiger partial charge is 0.378 e. The molecule has 7 nitrogen and oxygen atoms in total. The number of hydrogen-bond donors (Lipinski definition) is 0. The average molecular weight is 291 g/mol. The second-order valence-electron chi connectivity index (χ2n) is 5.31. The van der Waals surface area contributed by atoms with Crippen LogP contribution in [0.2, 0.25) is 0 Å². The fourth-order valence-corrected chi connectivity index (χ4v) is 2.68. The summed E-state index contributed by atoms with van der Waals surface area (Å²) in [5, 5.41) is 0. The molecular formula is C14H21N5O2. The Hall–Kier alpha value is -1.89. The molecule has 0 saturated carbocycles. The third kappa shape index (κ3) is 3.24. The Bertz CT molecular complexity index is 496. The number of anilines is 2. The smallest absolute Gasteiger partial charge is 0.227 e. The summed E-state index contributed by atoms with van der Waals surface area (Å²) >= 11 is 0. The molecular weight excluding hydrogens is 270 g/mol. The molecule has 3 rings (SSSR count). The van der Waals surface area contributed by atoms with Gasteiger partial charge in [-0.1, -0.05) is 0 Å². The zero-order chi connectivity index (χ0) is 14.7. The van der Waals surface area contributed by atoms with Crippen molar-refractivity contribution in [2.75, 3.05) is 62.3 Å². The van der Waals surface area contributed by atoms with Crippen molar-refractivity contribution in [3.8, 4) is 0 Å². The van der Waals surface area contributed by atoms with Gasteiger partial charge in [0, 0.05) is 52.4 Å². The fourth-order valence-electron chi connectivity index (χ4n) is 2.68. The lowest BCUT2D eigenvalue weighted by Gasteiger charge is -2.34. The Labute approximate surface area is 124 Å². The number of hydrogen-bond acceptors (Lipinski definition) is 6.